The number of halogens is 1. The lowest BCUT2D eigenvalue weighted by Crippen LogP contribution is -2.23. The highest BCUT2D eigenvalue weighted by Crippen LogP contribution is 2.19. The van der Waals surface area contributed by atoms with Crippen LogP contribution in [0, 0.1) is 19.7 Å². The summed E-state index contributed by atoms with van der Waals surface area (Å²) in [5, 5.41) is 10.2. The fraction of sp³-hybridized carbons (Fsp3) is 0.278. The number of hydrogen-bond donors (Lipinski definition) is 1. The molecular formula is C18H19FN2O2. The summed E-state index contributed by atoms with van der Waals surface area (Å²) in [4.78, 5) is 4.37. The Kier molecular flexibility index (Phi) is 4.30. The molecular weight excluding hydrogens is 295 g/mol. The summed E-state index contributed by atoms with van der Waals surface area (Å²) in [6.07, 6.45) is 1.05. The molecule has 0 bridgehead atoms. The van der Waals surface area contributed by atoms with E-state index in [1.807, 2.05) is 10.6 Å². The highest BCUT2D eigenvalue weighted by atomic mass is 19.1. The maximum absolute atomic E-state index is 12.8. The molecule has 3 rings (SSSR count). The second-order valence-corrected chi connectivity index (χ2v) is 5.74. The van der Waals surface area contributed by atoms with Gasteiger partial charge >= 0.3 is 0 Å². The van der Waals surface area contributed by atoms with Gasteiger partial charge in [-0.05, 0) is 61.4 Å². The van der Waals surface area contributed by atoms with Crippen LogP contribution in [-0.2, 0) is 6.54 Å². The van der Waals surface area contributed by atoms with Crippen molar-refractivity contribution in [3.8, 4) is 5.75 Å². The molecule has 0 saturated carbocycles. The Hall–Kier alpha value is -2.40. The Morgan fingerprint density at radius 2 is 1.87 bits per heavy atom. The lowest BCUT2D eigenvalue weighted by Gasteiger charge is -2.14. The molecule has 3 aromatic rings. The number of rotatable bonds is 5. The quantitative estimate of drug-likeness (QED) is 0.786. The van der Waals surface area contributed by atoms with Crippen LogP contribution in [0.15, 0.2) is 42.7 Å². The van der Waals surface area contributed by atoms with Crippen molar-refractivity contribution in [1.82, 2.24) is 9.55 Å². The number of fused-ring (bicyclic) bond motifs is 1. The SMILES string of the molecule is Cc1cc2ncn(CC(O)COc3ccc(F)cc3)c2cc1C. The van der Waals surface area contributed by atoms with Crippen molar-refractivity contribution >= 4 is 11.0 Å². The van der Waals surface area contributed by atoms with Crippen LogP contribution in [-0.4, -0.2) is 27.4 Å². The molecule has 1 N–H and O–H groups in total. The van der Waals surface area contributed by atoms with Crippen LogP contribution in [0.2, 0.25) is 0 Å². The summed E-state index contributed by atoms with van der Waals surface area (Å²) in [5.41, 5.74) is 4.30. The van der Waals surface area contributed by atoms with Gasteiger partial charge in [0.1, 0.15) is 24.3 Å². The molecule has 4 nitrogen and oxygen atoms in total. The fourth-order valence-electron chi connectivity index (χ4n) is 2.46. The van der Waals surface area contributed by atoms with Gasteiger partial charge in [0, 0.05) is 0 Å². The molecule has 0 amide bonds. The first-order valence-corrected chi connectivity index (χ1v) is 7.51. The van der Waals surface area contributed by atoms with E-state index in [1.54, 1.807) is 18.5 Å². The first-order chi connectivity index (χ1) is 11.0. The van der Waals surface area contributed by atoms with Crippen molar-refractivity contribution in [2.75, 3.05) is 6.61 Å². The number of nitrogens with zero attached hydrogens (tertiary/aromatic N) is 2. The summed E-state index contributed by atoms with van der Waals surface area (Å²) in [5.74, 6) is 0.223. The number of hydrogen-bond acceptors (Lipinski definition) is 3. The molecule has 0 fully saturated rings. The van der Waals surface area contributed by atoms with Crippen molar-refractivity contribution in [3.63, 3.8) is 0 Å². The summed E-state index contributed by atoms with van der Waals surface area (Å²) in [6.45, 7) is 4.63. The highest BCUT2D eigenvalue weighted by molar-refractivity contribution is 5.77. The first-order valence-electron chi connectivity index (χ1n) is 7.51. The minimum atomic E-state index is -0.681. The number of aromatic nitrogens is 2. The second-order valence-electron chi connectivity index (χ2n) is 5.74. The van der Waals surface area contributed by atoms with Gasteiger partial charge in [0.2, 0.25) is 0 Å². The molecule has 1 atom stereocenters. The van der Waals surface area contributed by atoms with Gasteiger partial charge in [0.15, 0.2) is 0 Å². The maximum atomic E-state index is 12.8. The van der Waals surface area contributed by atoms with E-state index in [4.69, 9.17) is 4.74 Å². The molecule has 23 heavy (non-hydrogen) atoms. The standard InChI is InChI=1S/C18H19FN2O2/c1-12-7-17-18(8-13(12)2)21(11-20-17)9-15(22)10-23-16-5-3-14(19)4-6-16/h3-8,11,15,22H,9-10H2,1-2H3. The number of aliphatic hydroxyl groups is 1. The minimum Gasteiger partial charge on any atom is -0.491 e. The van der Waals surface area contributed by atoms with Crippen LogP contribution in [0.4, 0.5) is 4.39 Å². The van der Waals surface area contributed by atoms with Crippen molar-refractivity contribution in [3.05, 3.63) is 59.7 Å². The van der Waals surface area contributed by atoms with Gasteiger partial charge in [0.05, 0.1) is 23.9 Å². The van der Waals surface area contributed by atoms with E-state index in [0.717, 1.165) is 11.0 Å². The van der Waals surface area contributed by atoms with Crippen molar-refractivity contribution in [1.29, 1.82) is 0 Å². The summed E-state index contributed by atoms with van der Waals surface area (Å²) < 4.78 is 20.2. The van der Waals surface area contributed by atoms with E-state index in [-0.39, 0.29) is 12.4 Å². The number of aryl methyl sites for hydroxylation is 2. The van der Waals surface area contributed by atoms with Crippen molar-refractivity contribution in [2.45, 2.75) is 26.5 Å². The number of benzene rings is 2. The molecule has 0 aliphatic heterocycles. The van der Waals surface area contributed by atoms with E-state index in [0.29, 0.717) is 12.3 Å². The average Bonchev–Trinajstić information content (AvgIpc) is 2.89. The van der Waals surface area contributed by atoms with E-state index < -0.39 is 6.10 Å². The van der Waals surface area contributed by atoms with E-state index in [1.165, 1.54) is 23.3 Å². The predicted octanol–water partition coefficient (Wildman–Crippen LogP) is 3.23. The van der Waals surface area contributed by atoms with Crippen LogP contribution >= 0.6 is 0 Å². The normalized spacial score (nSPS) is 12.5. The molecule has 1 unspecified atom stereocenters. The lowest BCUT2D eigenvalue weighted by molar-refractivity contribution is 0.0934. The topological polar surface area (TPSA) is 47.3 Å². The van der Waals surface area contributed by atoms with Gasteiger partial charge in [-0.25, -0.2) is 9.37 Å². The fourth-order valence-corrected chi connectivity index (χ4v) is 2.46. The zero-order valence-corrected chi connectivity index (χ0v) is 13.2. The van der Waals surface area contributed by atoms with Gasteiger partial charge in [-0.3, -0.25) is 0 Å². The average molecular weight is 314 g/mol. The Labute approximate surface area is 134 Å². The Morgan fingerprint density at radius 3 is 2.61 bits per heavy atom. The van der Waals surface area contributed by atoms with Crippen LogP contribution in [0.25, 0.3) is 11.0 Å². The third-order valence-corrected chi connectivity index (χ3v) is 3.90. The number of ether oxygens (including phenoxy) is 1. The van der Waals surface area contributed by atoms with E-state index >= 15 is 0 Å². The van der Waals surface area contributed by atoms with Crippen molar-refractivity contribution < 1.29 is 14.2 Å². The molecule has 5 heteroatoms. The second kappa shape index (κ2) is 6.38. The van der Waals surface area contributed by atoms with Gasteiger partial charge in [0.25, 0.3) is 0 Å². The third kappa shape index (κ3) is 3.51. The Morgan fingerprint density at radius 1 is 1.17 bits per heavy atom. The highest BCUT2D eigenvalue weighted by Gasteiger charge is 2.10. The molecule has 1 heterocycles. The van der Waals surface area contributed by atoms with Gasteiger partial charge in [-0.2, -0.15) is 0 Å². The van der Waals surface area contributed by atoms with Gasteiger partial charge < -0.3 is 14.4 Å². The molecule has 0 spiro atoms. The molecule has 120 valence electrons. The third-order valence-electron chi connectivity index (χ3n) is 3.90. The van der Waals surface area contributed by atoms with E-state index in [9.17, 15) is 9.50 Å². The number of imidazole rings is 1. The zero-order chi connectivity index (χ0) is 16.4. The first kappa shape index (κ1) is 15.5. The molecule has 0 saturated heterocycles. The zero-order valence-electron chi connectivity index (χ0n) is 13.2. The monoisotopic (exact) mass is 314 g/mol. The Balaban J connectivity index is 1.67. The van der Waals surface area contributed by atoms with Gasteiger partial charge in [-0.1, -0.05) is 0 Å². The largest absolute Gasteiger partial charge is 0.491 e. The van der Waals surface area contributed by atoms with Crippen LogP contribution in [0.5, 0.6) is 5.75 Å². The van der Waals surface area contributed by atoms with Gasteiger partial charge in [-0.15, -0.1) is 0 Å². The van der Waals surface area contributed by atoms with Crippen LogP contribution in [0.3, 0.4) is 0 Å². The van der Waals surface area contributed by atoms with Crippen LogP contribution in [0.1, 0.15) is 11.1 Å². The summed E-state index contributed by atoms with van der Waals surface area (Å²) in [7, 11) is 0. The molecule has 0 aliphatic rings. The maximum Gasteiger partial charge on any atom is 0.123 e. The number of aliphatic hydroxyl groups excluding tert-OH is 1. The predicted molar refractivity (Wildman–Crippen MR) is 87.1 cm³/mol. The molecule has 1 aromatic heterocycles. The minimum absolute atomic E-state index is 0.135. The van der Waals surface area contributed by atoms with E-state index in [2.05, 4.69) is 24.9 Å². The Bertz CT molecular complexity index is 812. The smallest absolute Gasteiger partial charge is 0.123 e. The lowest BCUT2D eigenvalue weighted by atomic mass is 10.1. The summed E-state index contributed by atoms with van der Waals surface area (Å²) >= 11 is 0. The molecule has 0 aliphatic carbocycles. The summed E-state index contributed by atoms with van der Waals surface area (Å²) in [6, 6.07) is 9.86. The van der Waals surface area contributed by atoms with Crippen molar-refractivity contribution in [2.24, 2.45) is 0 Å². The van der Waals surface area contributed by atoms with Crippen LogP contribution < -0.4 is 4.74 Å². The molecule has 0 radical (unpaired) electrons. The molecule has 2 aromatic carbocycles.